The molecule has 0 fully saturated rings. The molecule has 0 aliphatic rings. The van der Waals surface area contributed by atoms with Gasteiger partial charge in [-0.25, -0.2) is 0 Å². The molecule has 3 nitrogen and oxygen atoms in total. The van der Waals surface area contributed by atoms with Gasteiger partial charge in [0.25, 0.3) is 5.91 Å². The van der Waals surface area contributed by atoms with E-state index in [0.717, 1.165) is 12.1 Å². The third kappa shape index (κ3) is 3.81. The van der Waals surface area contributed by atoms with Crippen LogP contribution in [0.15, 0.2) is 24.3 Å². The first kappa shape index (κ1) is 14.1. The zero-order valence-corrected chi connectivity index (χ0v) is 11.2. The van der Waals surface area contributed by atoms with E-state index in [1.165, 1.54) is 0 Å². The lowest BCUT2D eigenvalue weighted by molar-refractivity contribution is 0.0936. The molecule has 18 heavy (non-hydrogen) atoms. The Morgan fingerprint density at radius 3 is 2.78 bits per heavy atom. The monoisotopic (exact) mass is 244 g/mol. The maximum Gasteiger partial charge on any atom is 0.251 e. The molecule has 0 bridgehead atoms. The molecule has 0 radical (unpaired) electrons. The van der Waals surface area contributed by atoms with Gasteiger partial charge in [0, 0.05) is 37.8 Å². The first-order valence-electron chi connectivity index (χ1n) is 6.10. The third-order valence-corrected chi connectivity index (χ3v) is 2.82. The Hall–Kier alpha value is -1.95. The number of nitrogens with one attached hydrogen (secondary N) is 1. The standard InChI is InChI=1S/C15H20N2O/c1-5-8-13(6-2)16-15(18)12-9-7-10-14(11-12)17(3)4/h1,7,9-11,13H,6,8H2,2-4H3,(H,16,18). The van der Waals surface area contributed by atoms with Gasteiger partial charge < -0.3 is 10.2 Å². The molecule has 0 aliphatic carbocycles. The fourth-order valence-corrected chi connectivity index (χ4v) is 1.63. The van der Waals surface area contributed by atoms with E-state index in [-0.39, 0.29) is 11.9 Å². The lowest BCUT2D eigenvalue weighted by Crippen LogP contribution is -2.34. The molecule has 3 heteroatoms. The molecule has 1 unspecified atom stereocenters. The maximum absolute atomic E-state index is 12.1. The normalized spacial score (nSPS) is 11.4. The number of amides is 1. The van der Waals surface area contributed by atoms with Crippen LogP contribution in [0, 0.1) is 12.3 Å². The van der Waals surface area contributed by atoms with E-state index in [1.54, 1.807) is 0 Å². The quantitative estimate of drug-likeness (QED) is 0.806. The van der Waals surface area contributed by atoms with Crippen molar-refractivity contribution in [3.63, 3.8) is 0 Å². The highest BCUT2D eigenvalue weighted by Gasteiger charge is 2.11. The first-order chi connectivity index (χ1) is 8.58. The Balaban J connectivity index is 2.78. The van der Waals surface area contributed by atoms with Crippen molar-refractivity contribution < 1.29 is 4.79 Å². The topological polar surface area (TPSA) is 32.3 Å². The second-order valence-electron chi connectivity index (χ2n) is 4.43. The van der Waals surface area contributed by atoms with E-state index in [9.17, 15) is 4.79 Å². The summed E-state index contributed by atoms with van der Waals surface area (Å²) in [7, 11) is 3.90. The zero-order valence-electron chi connectivity index (χ0n) is 11.2. The molecule has 0 spiro atoms. The molecule has 1 aromatic carbocycles. The summed E-state index contributed by atoms with van der Waals surface area (Å²) in [6.07, 6.45) is 6.68. The van der Waals surface area contributed by atoms with Crippen molar-refractivity contribution in [3.05, 3.63) is 29.8 Å². The summed E-state index contributed by atoms with van der Waals surface area (Å²) in [5.41, 5.74) is 1.67. The molecule has 96 valence electrons. The molecular weight excluding hydrogens is 224 g/mol. The van der Waals surface area contributed by atoms with Crippen molar-refractivity contribution in [2.45, 2.75) is 25.8 Å². The zero-order chi connectivity index (χ0) is 13.5. The van der Waals surface area contributed by atoms with Crippen LogP contribution in [-0.4, -0.2) is 26.0 Å². The predicted octanol–water partition coefficient (Wildman–Crippen LogP) is 2.28. The van der Waals surface area contributed by atoms with Gasteiger partial charge in [0.15, 0.2) is 0 Å². The molecular formula is C15H20N2O. The number of carbonyl (C=O) groups excluding carboxylic acids is 1. The van der Waals surface area contributed by atoms with Gasteiger partial charge in [0.2, 0.25) is 0 Å². The molecule has 1 rings (SSSR count). The molecule has 0 aliphatic heterocycles. The Bertz CT molecular complexity index is 446. The van der Waals surface area contributed by atoms with Crippen LogP contribution in [0.25, 0.3) is 0 Å². The van der Waals surface area contributed by atoms with Crippen LogP contribution in [0.3, 0.4) is 0 Å². The average molecular weight is 244 g/mol. The van der Waals surface area contributed by atoms with Gasteiger partial charge in [-0.3, -0.25) is 4.79 Å². The van der Waals surface area contributed by atoms with Gasteiger partial charge in [-0.2, -0.15) is 0 Å². The van der Waals surface area contributed by atoms with Crippen LogP contribution >= 0.6 is 0 Å². The van der Waals surface area contributed by atoms with E-state index >= 15 is 0 Å². The van der Waals surface area contributed by atoms with Crippen LogP contribution in [0.5, 0.6) is 0 Å². The fraction of sp³-hybridized carbons (Fsp3) is 0.400. The number of terminal acetylenes is 1. The van der Waals surface area contributed by atoms with Gasteiger partial charge in [-0.15, -0.1) is 12.3 Å². The minimum absolute atomic E-state index is 0.0468. The van der Waals surface area contributed by atoms with E-state index in [4.69, 9.17) is 6.42 Å². The second kappa shape index (κ2) is 6.70. The van der Waals surface area contributed by atoms with Crippen LogP contribution in [0.4, 0.5) is 5.69 Å². The Morgan fingerprint density at radius 2 is 2.22 bits per heavy atom. The summed E-state index contributed by atoms with van der Waals surface area (Å²) >= 11 is 0. The average Bonchev–Trinajstić information content (AvgIpc) is 2.38. The lowest BCUT2D eigenvalue weighted by Gasteiger charge is -2.16. The van der Waals surface area contributed by atoms with Crippen molar-refractivity contribution in [2.75, 3.05) is 19.0 Å². The van der Waals surface area contributed by atoms with Crippen LogP contribution < -0.4 is 10.2 Å². The molecule has 0 saturated carbocycles. The fourth-order valence-electron chi connectivity index (χ4n) is 1.63. The molecule has 1 N–H and O–H groups in total. The summed E-state index contributed by atoms with van der Waals surface area (Å²) in [6, 6.07) is 7.58. The van der Waals surface area contributed by atoms with Gasteiger partial charge in [0.05, 0.1) is 0 Å². The maximum atomic E-state index is 12.1. The van der Waals surface area contributed by atoms with Crippen LogP contribution in [-0.2, 0) is 0 Å². The van der Waals surface area contributed by atoms with Gasteiger partial charge in [-0.05, 0) is 24.6 Å². The van der Waals surface area contributed by atoms with Crippen LogP contribution in [0.2, 0.25) is 0 Å². The van der Waals surface area contributed by atoms with Crippen molar-refractivity contribution in [1.82, 2.24) is 5.32 Å². The summed E-state index contributed by atoms with van der Waals surface area (Å²) in [5, 5.41) is 2.95. The smallest absolute Gasteiger partial charge is 0.251 e. The van der Waals surface area contributed by atoms with E-state index < -0.39 is 0 Å². The van der Waals surface area contributed by atoms with Crippen molar-refractivity contribution >= 4 is 11.6 Å². The second-order valence-corrected chi connectivity index (χ2v) is 4.43. The molecule has 1 atom stereocenters. The lowest BCUT2D eigenvalue weighted by atomic mass is 10.1. The number of carbonyl (C=O) groups is 1. The summed E-state index contributed by atoms with van der Waals surface area (Å²) in [5.74, 6) is 2.51. The van der Waals surface area contributed by atoms with Gasteiger partial charge in [0.1, 0.15) is 0 Å². The predicted molar refractivity (Wildman–Crippen MR) is 75.8 cm³/mol. The SMILES string of the molecule is C#CCC(CC)NC(=O)c1cccc(N(C)C)c1. The van der Waals surface area contributed by atoms with Gasteiger partial charge >= 0.3 is 0 Å². The van der Waals surface area contributed by atoms with Crippen molar-refractivity contribution in [1.29, 1.82) is 0 Å². The molecule has 1 amide bonds. The first-order valence-corrected chi connectivity index (χ1v) is 6.10. The number of anilines is 1. The Labute approximate surface area is 109 Å². The van der Waals surface area contributed by atoms with Gasteiger partial charge in [-0.1, -0.05) is 13.0 Å². The van der Waals surface area contributed by atoms with E-state index in [2.05, 4.69) is 11.2 Å². The van der Waals surface area contributed by atoms with E-state index in [0.29, 0.717) is 12.0 Å². The minimum atomic E-state index is -0.0687. The third-order valence-electron chi connectivity index (χ3n) is 2.82. The molecule has 0 heterocycles. The Kier molecular flexibility index (Phi) is 5.26. The highest BCUT2D eigenvalue weighted by atomic mass is 16.1. The Morgan fingerprint density at radius 1 is 1.50 bits per heavy atom. The number of benzene rings is 1. The summed E-state index contributed by atoms with van der Waals surface area (Å²) in [4.78, 5) is 14.0. The van der Waals surface area contributed by atoms with Crippen molar-refractivity contribution in [3.8, 4) is 12.3 Å². The highest BCUT2D eigenvalue weighted by molar-refractivity contribution is 5.95. The molecule has 0 aromatic heterocycles. The number of hydrogen-bond donors (Lipinski definition) is 1. The summed E-state index contributed by atoms with van der Waals surface area (Å²) in [6.45, 7) is 2.01. The largest absolute Gasteiger partial charge is 0.378 e. The highest BCUT2D eigenvalue weighted by Crippen LogP contribution is 2.13. The van der Waals surface area contributed by atoms with E-state index in [1.807, 2.05) is 50.2 Å². The molecule has 1 aromatic rings. The number of rotatable bonds is 5. The number of hydrogen-bond acceptors (Lipinski definition) is 2. The number of nitrogens with zero attached hydrogens (tertiary/aromatic N) is 1. The minimum Gasteiger partial charge on any atom is -0.378 e. The van der Waals surface area contributed by atoms with Crippen LogP contribution in [0.1, 0.15) is 30.1 Å². The van der Waals surface area contributed by atoms with Crippen molar-refractivity contribution in [2.24, 2.45) is 0 Å². The summed E-state index contributed by atoms with van der Waals surface area (Å²) < 4.78 is 0. The molecule has 0 saturated heterocycles.